The monoisotopic (exact) mass is 373 g/mol. The van der Waals surface area contributed by atoms with Crippen molar-refractivity contribution in [3.63, 3.8) is 0 Å². The molecule has 0 aliphatic carbocycles. The van der Waals surface area contributed by atoms with Crippen LogP contribution in [0.2, 0.25) is 0 Å². The van der Waals surface area contributed by atoms with E-state index in [1.54, 1.807) is 25.2 Å². The number of ether oxygens (including phenoxy) is 3. The van der Waals surface area contributed by atoms with Gasteiger partial charge in [-0.2, -0.15) is 8.78 Å². The quantitative estimate of drug-likeness (QED) is 0.316. The van der Waals surface area contributed by atoms with Crippen molar-refractivity contribution in [2.24, 2.45) is 4.99 Å². The highest BCUT2D eigenvalue weighted by molar-refractivity contribution is 5.79. The molecule has 0 aliphatic heterocycles. The van der Waals surface area contributed by atoms with Crippen LogP contribution in [0.5, 0.6) is 5.75 Å². The number of rotatable bonds is 13. The summed E-state index contributed by atoms with van der Waals surface area (Å²) in [6.07, 6.45) is 2.19. The lowest BCUT2D eigenvalue weighted by Crippen LogP contribution is -2.38. The van der Waals surface area contributed by atoms with Crippen LogP contribution in [0, 0.1) is 0 Å². The van der Waals surface area contributed by atoms with Crippen molar-refractivity contribution in [3.05, 3.63) is 29.8 Å². The summed E-state index contributed by atoms with van der Waals surface area (Å²) in [5.41, 5.74) is 0.622. The highest BCUT2D eigenvalue weighted by Crippen LogP contribution is 2.19. The molecular formula is C18H29F2N3O3. The smallest absolute Gasteiger partial charge is 0.387 e. The Bertz CT molecular complexity index is 516. The molecule has 0 aromatic heterocycles. The van der Waals surface area contributed by atoms with Crippen LogP contribution in [0.25, 0.3) is 0 Å². The maximum atomic E-state index is 12.4. The standard InChI is InChI=1S/C18H29F2N3O3/c1-3-4-10-24-12-13-25-11-9-22-18(21-2)23-14-15-7-5-6-8-16(15)26-17(19)20/h5-8,17H,3-4,9-14H2,1-2H3,(H2,21,22,23). The summed E-state index contributed by atoms with van der Waals surface area (Å²) in [6.45, 7) is 2.59. The summed E-state index contributed by atoms with van der Waals surface area (Å²) in [5.74, 6) is 0.705. The van der Waals surface area contributed by atoms with Gasteiger partial charge in [0.2, 0.25) is 0 Å². The fourth-order valence-corrected chi connectivity index (χ4v) is 2.07. The molecule has 0 amide bonds. The Kier molecular flexibility index (Phi) is 12.1. The molecule has 1 aromatic rings. The molecule has 148 valence electrons. The predicted octanol–water partition coefficient (Wildman–Crippen LogP) is 2.79. The molecular weight excluding hydrogens is 344 g/mol. The third-order valence-electron chi connectivity index (χ3n) is 3.41. The molecule has 0 unspecified atom stereocenters. The van der Waals surface area contributed by atoms with Gasteiger partial charge in [0.05, 0.1) is 19.8 Å². The van der Waals surface area contributed by atoms with Crippen LogP contribution in [-0.2, 0) is 16.0 Å². The van der Waals surface area contributed by atoms with Gasteiger partial charge in [-0.3, -0.25) is 4.99 Å². The number of alkyl halides is 2. The molecule has 2 N–H and O–H groups in total. The number of halogens is 2. The van der Waals surface area contributed by atoms with Gasteiger partial charge in [0.25, 0.3) is 0 Å². The van der Waals surface area contributed by atoms with Gasteiger partial charge in [0.15, 0.2) is 5.96 Å². The first-order valence-electron chi connectivity index (χ1n) is 8.80. The topological polar surface area (TPSA) is 64.1 Å². The van der Waals surface area contributed by atoms with Crippen molar-refractivity contribution in [1.29, 1.82) is 0 Å². The van der Waals surface area contributed by atoms with Crippen molar-refractivity contribution < 1.29 is 23.0 Å². The fraction of sp³-hybridized carbons (Fsp3) is 0.611. The van der Waals surface area contributed by atoms with Crippen LogP contribution >= 0.6 is 0 Å². The van der Waals surface area contributed by atoms with Crippen LogP contribution in [0.15, 0.2) is 29.3 Å². The minimum Gasteiger partial charge on any atom is -0.434 e. The van der Waals surface area contributed by atoms with Crippen molar-refractivity contribution in [1.82, 2.24) is 10.6 Å². The zero-order valence-corrected chi connectivity index (χ0v) is 15.5. The van der Waals surface area contributed by atoms with Crippen molar-refractivity contribution in [2.75, 3.05) is 40.0 Å². The van der Waals surface area contributed by atoms with Gasteiger partial charge in [-0.05, 0) is 12.5 Å². The first-order valence-corrected chi connectivity index (χ1v) is 8.80. The normalized spacial score (nSPS) is 11.7. The van der Waals surface area contributed by atoms with E-state index < -0.39 is 6.61 Å². The third kappa shape index (κ3) is 10.1. The van der Waals surface area contributed by atoms with Crippen molar-refractivity contribution in [2.45, 2.75) is 32.9 Å². The first-order chi connectivity index (χ1) is 12.7. The third-order valence-corrected chi connectivity index (χ3v) is 3.41. The average Bonchev–Trinajstić information content (AvgIpc) is 2.63. The molecule has 0 heterocycles. The molecule has 1 rings (SSSR count). The van der Waals surface area contributed by atoms with Crippen LogP contribution in [-0.4, -0.2) is 52.6 Å². The Morgan fingerprint density at radius 3 is 2.50 bits per heavy atom. The Balaban J connectivity index is 2.22. The number of nitrogens with one attached hydrogen (secondary N) is 2. The highest BCUT2D eigenvalue weighted by atomic mass is 19.3. The molecule has 0 fully saturated rings. The minimum atomic E-state index is -2.85. The lowest BCUT2D eigenvalue weighted by Gasteiger charge is -2.14. The van der Waals surface area contributed by atoms with Crippen LogP contribution in [0.1, 0.15) is 25.3 Å². The highest BCUT2D eigenvalue weighted by Gasteiger charge is 2.09. The van der Waals surface area contributed by atoms with Crippen molar-refractivity contribution in [3.8, 4) is 5.75 Å². The number of guanidine groups is 1. The van der Waals surface area contributed by atoms with E-state index in [4.69, 9.17) is 9.47 Å². The number of nitrogens with zero attached hydrogens (tertiary/aromatic N) is 1. The summed E-state index contributed by atoms with van der Waals surface area (Å²) in [6, 6.07) is 6.65. The van der Waals surface area contributed by atoms with Gasteiger partial charge in [-0.1, -0.05) is 31.5 Å². The summed E-state index contributed by atoms with van der Waals surface area (Å²) in [4.78, 5) is 4.09. The second kappa shape index (κ2) is 14.3. The van der Waals surface area contributed by atoms with E-state index in [-0.39, 0.29) is 5.75 Å². The summed E-state index contributed by atoms with van der Waals surface area (Å²) in [5, 5.41) is 6.15. The van der Waals surface area contributed by atoms with E-state index in [0.717, 1.165) is 19.4 Å². The Morgan fingerprint density at radius 1 is 1.08 bits per heavy atom. The van der Waals surface area contributed by atoms with E-state index >= 15 is 0 Å². The molecule has 1 aromatic carbocycles. The van der Waals surface area contributed by atoms with Gasteiger partial charge in [-0.15, -0.1) is 0 Å². The molecule has 8 heteroatoms. The van der Waals surface area contributed by atoms with Crippen LogP contribution in [0.4, 0.5) is 8.78 Å². The molecule has 6 nitrogen and oxygen atoms in total. The summed E-state index contributed by atoms with van der Waals surface area (Å²) < 4.78 is 40.2. The Hall–Kier alpha value is -1.93. The minimum absolute atomic E-state index is 0.150. The predicted molar refractivity (Wildman–Crippen MR) is 97.8 cm³/mol. The molecule has 0 atom stereocenters. The fourth-order valence-electron chi connectivity index (χ4n) is 2.07. The van der Waals surface area contributed by atoms with Gasteiger partial charge < -0.3 is 24.8 Å². The molecule has 0 bridgehead atoms. The maximum Gasteiger partial charge on any atom is 0.387 e. The maximum absolute atomic E-state index is 12.4. The van der Waals surface area contributed by atoms with E-state index in [1.807, 2.05) is 0 Å². The molecule has 0 saturated carbocycles. The number of para-hydroxylation sites is 1. The zero-order valence-electron chi connectivity index (χ0n) is 15.5. The second-order valence-electron chi connectivity index (χ2n) is 5.42. The molecule has 0 spiro atoms. The SMILES string of the molecule is CCCCOCCOCCNC(=NC)NCc1ccccc1OC(F)F. The molecule has 0 radical (unpaired) electrons. The number of hydrogen-bond donors (Lipinski definition) is 2. The molecule has 0 aliphatic rings. The summed E-state index contributed by atoms with van der Waals surface area (Å²) in [7, 11) is 1.64. The Labute approximate surface area is 153 Å². The molecule has 26 heavy (non-hydrogen) atoms. The number of hydrogen-bond acceptors (Lipinski definition) is 4. The van der Waals surface area contributed by atoms with Crippen LogP contribution in [0.3, 0.4) is 0 Å². The number of unbranched alkanes of at least 4 members (excludes halogenated alkanes) is 1. The van der Waals surface area contributed by atoms with Gasteiger partial charge >= 0.3 is 6.61 Å². The second-order valence-corrected chi connectivity index (χ2v) is 5.42. The van der Waals surface area contributed by atoms with Crippen LogP contribution < -0.4 is 15.4 Å². The van der Waals surface area contributed by atoms with E-state index in [2.05, 4.69) is 27.3 Å². The number of benzene rings is 1. The number of aliphatic imine (C=N–C) groups is 1. The lowest BCUT2D eigenvalue weighted by molar-refractivity contribution is -0.0504. The van der Waals surface area contributed by atoms with E-state index in [0.29, 0.717) is 44.4 Å². The molecule has 0 saturated heterocycles. The van der Waals surface area contributed by atoms with Crippen molar-refractivity contribution >= 4 is 5.96 Å². The van der Waals surface area contributed by atoms with Gasteiger partial charge in [0, 0.05) is 32.3 Å². The Morgan fingerprint density at radius 2 is 1.81 bits per heavy atom. The average molecular weight is 373 g/mol. The first kappa shape index (κ1) is 22.1. The van der Waals surface area contributed by atoms with Gasteiger partial charge in [-0.25, -0.2) is 0 Å². The summed E-state index contributed by atoms with van der Waals surface area (Å²) >= 11 is 0. The largest absolute Gasteiger partial charge is 0.434 e. The zero-order chi connectivity index (χ0) is 19.0. The lowest BCUT2D eigenvalue weighted by atomic mass is 10.2. The van der Waals surface area contributed by atoms with E-state index in [1.165, 1.54) is 6.07 Å². The van der Waals surface area contributed by atoms with E-state index in [9.17, 15) is 8.78 Å². The van der Waals surface area contributed by atoms with Gasteiger partial charge in [0.1, 0.15) is 5.75 Å².